The number of aliphatic imine (C=N–C) groups is 1. The van der Waals surface area contributed by atoms with E-state index in [1.165, 1.54) is 7.11 Å². The van der Waals surface area contributed by atoms with Gasteiger partial charge < -0.3 is 20.1 Å². The molecule has 0 aromatic heterocycles. The second-order valence-electron chi connectivity index (χ2n) is 7.97. The molecule has 4 rings (SSSR count). The first-order valence-corrected chi connectivity index (χ1v) is 10.5. The van der Waals surface area contributed by atoms with Crippen molar-refractivity contribution in [1.82, 2.24) is 0 Å². The van der Waals surface area contributed by atoms with Crippen molar-refractivity contribution < 1.29 is 27.4 Å². The van der Waals surface area contributed by atoms with Gasteiger partial charge >= 0.3 is 6.18 Å². The molecule has 182 valence electrons. The molecule has 0 saturated carbocycles. The maximum atomic E-state index is 13.5. The summed E-state index contributed by atoms with van der Waals surface area (Å²) in [6.07, 6.45) is -3.04. The van der Waals surface area contributed by atoms with E-state index < -0.39 is 29.2 Å². The normalized spacial score (nSPS) is 16.8. The van der Waals surface area contributed by atoms with E-state index >= 15 is 0 Å². The summed E-state index contributed by atoms with van der Waals surface area (Å²) < 4.78 is 50.5. The van der Waals surface area contributed by atoms with Gasteiger partial charge in [0.2, 0.25) is 5.79 Å². The molecule has 1 aliphatic heterocycles. The number of benzene rings is 3. The Balaban J connectivity index is 1.68. The number of carbonyl (C=O) groups excluding carboxylic acids is 1. The first-order chi connectivity index (χ1) is 16.6. The monoisotopic (exact) mass is 484 g/mol. The Morgan fingerprint density at radius 1 is 1.06 bits per heavy atom. The number of hydrogen-bond acceptors (Lipinski definition) is 6. The average molecular weight is 484 g/mol. The maximum Gasteiger partial charge on any atom is 0.420 e. The minimum atomic E-state index is -4.69. The Morgan fingerprint density at radius 3 is 2.46 bits per heavy atom. The Bertz CT molecular complexity index is 1320. The van der Waals surface area contributed by atoms with Crippen molar-refractivity contribution in [2.75, 3.05) is 24.9 Å². The molecule has 4 N–H and O–H groups in total. The Morgan fingerprint density at radius 2 is 1.77 bits per heavy atom. The smallest absolute Gasteiger partial charge is 0.420 e. The van der Waals surface area contributed by atoms with Gasteiger partial charge in [0.25, 0.3) is 5.91 Å². The molecule has 0 bridgehead atoms. The van der Waals surface area contributed by atoms with Crippen LogP contribution in [0.5, 0.6) is 11.5 Å². The van der Waals surface area contributed by atoms with Gasteiger partial charge in [0, 0.05) is 34.7 Å². The van der Waals surface area contributed by atoms with Crippen LogP contribution in [0.4, 0.5) is 24.5 Å². The zero-order valence-corrected chi connectivity index (χ0v) is 19.2. The van der Waals surface area contributed by atoms with E-state index in [4.69, 9.17) is 15.2 Å². The van der Waals surface area contributed by atoms with E-state index in [0.29, 0.717) is 5.56 Å². The molecule has 3 aromatic rings. The van der Waals surface area contributed by atoms with Gasteiger partial charge in [-0.15, -0.1) is 0 Å². The van der Waals surface area contributed by atoms with E-state index in [0.717, 1.165) is 36.1 Å². The Hall–Kier alpha value is -4.05. The molecule has 0 saturated heterocycles. The number of aryl methyl sites for hydroxylation is 1. The number of alkyl halides is 3. The quantitative estimate of drug-likeness (QED) is 0.479. The number of carbonyl (C=O) groups is 1. The van der Waals surface area contributed by atoms with Crippen LogP contribution in [0.2, 0.25) is 0 Å². The SMILES string of the molecule is COc1cc(OC)c(C(F)(F)F)cc1NC(=O)c1ccc(C)c(C2(N)N=Cc3ccccc3N2)c1. The molecule has 0 fully saturated rings. The Labute approximate surface area is 199 Å². The topological polar surface area (TPSA) is 98.0 Å². The molecule has 1 unspecified atom stereocenters. The zero-order valence-electron chi connectivity index (χ0n) is 19.2. The first-order valence-electron chi connectivity index (χ1n) is 10.5. The molecular weight excluding hydrogens is 461 g/mol. The largest absolute Gasteiger partial charge is 0.496 e. The summed E-state index contributed by atoms with van der Waals surface area (Å²) in [6.45, 7) is 1.82. The predicted molar refractivity (Wildman–Crippen MR) is 127 cm³/mol. The predicted octanol–water partition coefficient (Wildman–Crippen LogP) is 4.90. The summed E-state index contributed by atoms with van der Waals surface area (Å²) in [5.74, 6) is -2.39. The molecule has 0 spiro atoms. The number of hydrogen-bond donors (Lipinski definition) is 3. The highest BCUT2D eigenvalue weighted by Gasteiger charge is 2.36. The van der Waals surface area contributed by atoms with Crippen molar-refractivity contribution in [1.29, 1.82) is 0 Å². The number of nitrogens with two attached hydrogens (primary N) is 1. The summed E-state index contributed by atoms with van der Waals surface area (Å²) in [5.41, 5.74) is 8.50. The van der Waals surface area contributed by atoms with Crippen molar-refractivity contribution in [2.45, 2.75) is 18.9 Å². The summed E-state index contributed by atoms with van der Waals surface area (Å²) in [6, 6.07) is 14.2. The van der Waals surface area contributed by atoms with Gasteiger partial charge in [-0.3, -0.25) is 10.5 Å². The number of amides is 1. The van der Waals surface area contributed by atoms with Crippen LogP contribution in [-0.4, -0.2) is 26.3 Å². The summed E-state index contributed by atoms with van der Waals surface area (Å²) >= 11 is 0. The molecule has 7 nitrogen and oxygen atoms in total. The molecule has 1 aliphatic rings. The van der Waals surface area contributed by atoms with E-state index in [9.17, 15) is 18.0 Å². The lowest BCUT2D eigenvalue weighted by Crippen LogP contribution is -2.45. The number of rotatable bonds is 5. The molecule has 35 heavy (non-hydrogen) atoms. The van der Waals surface area contributed by atoms with Crippen LogP contribution >= 0.6 is 0 Å². The molecular formula is C25H23F3N4O3. The van der Waals surface area contributed by atoms with Gasteiger partial charge in [-0.25, -0.2) is 4.99 Å². The second-order valence-corrected chi connectivity index (χ2v) is 7.97. The minimum Gasteiger partial charge on any atom is -0.496 e. The number of nitrogens with zero attached hydrogens (tertiary/aromatic N) is 1. The fraction of sp³-hybridized carbons (Fsp3) is 0.200. The fourth-order valence-electron chi connectivity index (χ4n) is 3.86. The van der Waals surface area contributed by atoms with Crippen LogP contribution in [0.15, 0.2) is 59.6 Å². The van der Waals surface area contributed by atoms with Gasteiger partial charge in [-0.05, 0) is 36.8 Å². The van der Waals surface area contributed by atoms with Crippen LogP contribution in [0, 0.1) is 6.92 Å². The lowest BCUT2D eigenvalue weighted by Gasteiger charge is -2.33. The fourth-order valence-corrected chi connectivity index (χ4v) is 3.86. The number of ether oxygens (including phenoxy) is 2. The van der Waals surface area contributed by atoms with Crippen molar-refractivity contribution >= 4 is 23.5 Å². The van der Waals surface area contributed by atoms with E-state index in [2.05, 4.69) is 15.6 Å². The second kappa shape index (κ2) is 8.95. The van der Waals surface area contributed by atoms with E-state index in [1.807, 2.05) is 31.2 Å². The number of fused-ring (bicyclic) bond motifs is 1. The van der Waals surface area contributed by atoms with Crippen LogP contribution < -0.4 is 25.8 Å². The van der Waals surface area contributed by atoms with Crippen molar-refractivity contribution in [3.05, 3.63) is 82.4 Å². The van der Waals surface area contributed by atoms with Crippen LogP contribution in [0.3, 0.4) is 0 Å². The molecule has 1 heterocycles. The van der Waals surface area contributed by atoms with Crippen molar-refractivity contribution in [3.8, 4) is 11.5 Å². The molecule has 0 radical (unpaired) electrons. The van der Waals surface area contributed by atoms with Gasteiger partial charge in [-0.1, -0.05) is 24.3 Å². The summed E-state index contributed by atoms with van der Waals surface area (Å²) in [7, 11) is 2.41. The average Bonchev–Trinajstić information content (AvgIpc) is 2.83. The Kier molecular flexibility index (Phi) is 6.16. The van der Waals surface area contributed by atoms with Gasteiger partial charge in [-0.2, -0.15) is 13.2 Å². The van der Waals surface area contributed by atoms with Gasteiger partial charge in [0.05, 0.1) is 25.5 Å². The van der Waals surface area contributed by atoms with E-state index in [-0.39, 0.29) is 17.0 Å². The third kappa shape index (κ3) is 4.65. The highest BCUT2D eigenvalue weighted by atomic mass is 19.4. The lowest BCUT2D eigenvalue weighted by atomic mass is 9.97. The van der Waals surface area contributed by atoms with Gasteiger partial charge in [0.1, 0.15) is 11.5 Å². The van der Waals surface area contributed by atoms with Crippen molar-refractivity contribution in [2.24, 2.45) is 10.7 Å². The highest BCUT2D eigenvalue weighted by molar-refractivity contribution is 6.05. The number of para-hydroxylation sites is 1. The molecule has 1 amide bonds. The first kappa shape index (κ1) is 24.1. The van der Waals surface area contributed by atoms with Gasteiger partial charge in [0.15, 0.2) is 0 Å². The minimum absolute atomic E-state index is 0.0148. The number of nitrogens with one attached hydrogen (secondary N) is 2. The molecule has 0 aliphatic carbocycles. The number of methoxy groups -OCH3 is 2. The maximum absolute atomic E-state index is 13.5. The number of anilines is 2. The standard InChI is InChI=1S/C25H23F3N4O3/c1-14-8-9-15(10-17(14)25(29)30-13-16-6-4-5-7-19(16)32-25)23(33)31-20-11-18(24(26,27)28)21(34-2)12-22(20)35-3/h4-13,32H,29H2,1-3H3,(H,31,33). The molecule has 1 atom stereocenters. The van der Waals surface area contributed by atoms with Crippen molar-refractivity contribution in [3.63, 3.8) is 0 Å². The molecule has 3 aromatic carbocycles. The molecule has 10 heteroatoms. The zero-order chi connectivity index (χ0) is 25.4. The van der Waals surface area contributed by atoms with Crippen LogP contribution in [0.25, 0.3) is 0 Å². The van der Waals surface area contributed by atoms with Crippen LogP contribution in [-0.2, 0) is 12.0 Å². The summed E-state index contributed by atoms with van der Waals surface area (Å²) in [4.78, 5) is 17.5. The lowest BCUT2D eigenvalue weighted by molar-refractivity contribution is -0.138. The third-order valence-electron chi connectivity index (χ3n) is 5.68. The van der Waals surface area contributed by atoms with Crippen LogP contribution in [0.1, 0.15) is 32.6 Å². The number of halogens is 3. The van der Waals surface area contributed by atoms with E-state index in [1.54, 1.807) is 24.4 Å². The highest BCUT2D eigenvalue weighted by Crippen LogP contribution is 2.42. The third-order valence-corrected chi connectivity index (χ3v) is 5.68. The summed E-state index contributed by atoms with van der Waals surface area (Å²) in [5, 5.41) is 5.69.